The standard InChI is InChI=1S/C19H22N4/c1-14-6-5-11-23-13-16(21-19(14)23)12-22(2)18(15-8-9-15)17-7-3-4-10-20-17/h3-7,10-11,13,15,18H,8-9,12H2,1-2H3. The lowest BCUT2D eigenvalue weighted by Gasteiger charge is -2.27. The lowest BCUT2D eigenvalue weighted by Crippen LogP contribution is -2.26. The predicted octanol–water partition coefficient (Wildman–Crippen LogP) is 3.62. The predicted molar refractivity (Wildman–Crippen MR) is 91.1 cm³/mol. The first-order chi connectivity index (χ1) is 11.2. The fourth-order valence-electron chi connectivity index (χ4n) is 3.42. The van der Waals surface area contributed by atoms with E-state index in [1.54, 1.807) is 0 Å². The number of imidazole rings is 1. The second-order valence-corrected chi connectivity index (χ2v) is 6.61. The SMILES string of the molecule is Cc1cccn2cc(CN(C)C(c3ccccn3)C3CC3)nc12. The van der Waals surface area contributed by atoms with Crippen LogP contribution in [0.2, 0.25) is 0 Å². The third-order valence-electron chi connectivity index (χ3n) is 4.67. The van der Waals surface area contributed by atoms with E-state index in [4.69, 9.17) is 4.98 Å². The van der Waals surface area contributed by atoms with Gasteiger partial charge in [0.1, 0.15) is 5.65 Å². The smallest absolute Gasteiger partial charge is 0.139 e. The molecule has 118 valence electrons. The van der Waals surface area contributed by atoms with Gasteiger partial charge in [0.2, 0.25) is 0 Å². The van der Waals surface area contributed by atoms with E-state index >= 15 is 0 Å². The monoisotopic (exact) mass is 306 g/mol. The van der Waals surface area contributed by atoms with Crippen LogP contribution in [0.15, 0.2) is 48.9 Å². The van der Waals surface area contributed by atoms with E-state index in [0.29, 0.717) is 6.04 Å². The Balaban J connectivity index is 1.59. The maximum atomic E-state index is 4.81. The van der Waals surface area contributed by atoms with Gasteiger partial charge in [0.15, 0.2) is 0 Å². The highest BCUT2D eigenvalue weighted by molar-refractivity contribution is 5.47. The van der Waals surface area contributed by atoms with Crippen LogP contribution in [0.5, 0.6) is 0 Å². The molecule has 4 nitrogen and oxygen atoms in total. The number of aryl methyl sites for hydroxylation is 1. The minimum atomic E-state index is 0.391. The van der Waals surface area contributed by atoms with E-state index in [1.165, 1.54) is 24.1 Å². The van der Waals surface area contributed by atoms with Crippen LogP contribution in [0.1, 0.15) is 35.8 Å². The van der Waals surface area contributed by atoms with Crippen molar-refractivity contribution in [3.63, 3.8) is 0 Å². The molecular formula is C19H22N4. The highest BCUT2D eigenvalue weighted by Gasteiger charge is 2.35. The summed E-state index contributed by atoms with van der Waals surface area (Å²) in [6, 6.07) is 10.8. The maximum Gasteiger partial charge on any atom is 0.139 e. The van der Waals surface area contributed by atoms with Crippen molar-refractivity contribution in [1.82, 2.24) is 19.3 Å². The summed E-state index contributed by atoms with van der Waals surface area (Å²) in [5.41, 5.74) is 4.56. The Hall–Kier alpha value is -2.20. The van der Waals surface area contributed by atoms with Gasteiger partial charge in [-0.25, -0.2) is 4.98 Å². The summed E-state index contributed by atoms with van der Waals surface area (Å²) in [6.07, 6.45) is 8.70. The zero-order valence-corrected chi connectivity index (χ0v) is 13.7. The highest BCUT2D eigenvalue weighted by Crippen LogP contribution is 2.43. The largest absolute Gasteiger partial charge is 0.307 e. The molecule has 3 heterocycles. The molecule has 1 aliphatic rings. The average molecular weight is 306 g/mol. The quantitative estimate of drug-likeness (QED) is 0.722. The molecule has 3 aromatic rings. The minimum Gasteiger partial charge on any atom is -0.307 e. The fourth-order valence-corrected chi connectivity index (χ4v) is 3.42. The second-order valence-electron chi connectivity index (χ2n) is 6.61. The number of hydrogen-bond acceptors (Lipinski definition) is 3. The number of hydrogen-bond donors (Lipinski definition) is 0. The molecule has 0 N–H and O–H groups in total. The van der Waals surface area contributed by atoms with E-state index in [1.807, 2.05) is 12.3 Å². The molecule has 0 saturated heterocycles. The van der Waals surface area contributed by atoms with Crippen molar-refractivity contribution in [2.24, 2.45) is 5.92 Å². The van der Waals surface area contributed by atoms with E-state index in [0.717, 1.165) is 23.8 Å². The zero-order valence-electron chi connectivity index (χ0n) is 13.7. The topological polar surface area (TPSA) is 33.4 Å². The maximum absolute atomic E-state index is 4.81. The van der Waals surface area contributed by atoms with Gasteiger partial charge in [0.05, 0.1) is 17.4 Å². The van der Waals surface area contributed by atoms with Gasteiger partial charge in [-0.15, -0.1) is 0 Å². The number of fused-ring (bicyclic) bond motifs is 1. The van der Waals surface area contributed by atoms with E-state index in [-0.39, 0.29) is 0 Å². The molecule has 0 aromatic carbocycles. The molecule has 0 bridgehead atoms. The van der Waals surface area contributed by atoms with Crippen LogP contribution in [-0.2, 0) is 6.54 Å². The number of aromatic nitrogens is 3. The van der Waals surface area contributed by atoms with Crippen molar-refractivity contribution in [3.8, 4) is 0 Å². The lowest BCUT2D eigenvalue weighted by atomic mass is 10.1. The van der Waals surface area contributed by atoms with E-state index in [2.05, 4.69) is 64.9 Å². The zero-order chi connectivity index (χ0) is 15.8. The van der Waals surface area contributed by atoms with Crippen LogP contribution in [0.3, 0.4) is 0 Å². The molecule has 1 fully saturated rings. The Kier molecular flexibility index (Phi) is 3.62. The van der Waals surface area contributed by atoms with Crippen LogP contribution in [-0.4, -0.2) is 26.3 Å². The first kappa shape index (κ1) is 14.4. The van der Waals surface area contributed by atoms with Crippen molar-refractivity contribution in [1.29, 1.82) is 0 Å². The Morgan fingerprint density at radius 3 is 2.83 bits per heavy atom. The van der Waals surface area contributed by atoms with Crippen LogP contribution in [0, 0.1) is 12.8 Å². The molecule has 0 aliphatic heterocycles. The summed E-state index contributed by atoms with van der Waals surface area (Å²) in [4.78, 5) is 11.8. The number of rotatable bonds is 5. The van der Waals surface area contributed by atoms with Crippen molar-refractivity contribution in [2.75, 3.05) is 7.05 Å². The fraction of sp³-hybridized carbons (Fsp3) is 0.368. The summed E-state index contributed by atoms with van der Waals surface area (Å²) in [6.45, 7) is 2.95. The van der Waals surface area contributed by atoms with Crippen LogP contribution >= 0.6 is 0 Å². The Bertz CT molecular complexity index is 805. The summed E-state index contributed by atoms with van der Waals surface area (Å²) in [7, 11) is 2.19. The molecule has 1 unspecified atom stereocenters. The molecular weight excluding hydrogens is 284 g/mol. The molecule has 4 heteroatoms. The van der Waals surface area contributed by atoms with Gasteiger partial charge in [-0.05, 0) is 56.5 Å². The molecule has 3 aromatic heterocycles. The van der Waals surface area contributed by atoms with Crippen molar-refractivity contribution < 1.29 is 0 Å². The third kappa shape index (κ3) is 2.86. The number of nitrogens with zero attached hydrogens (tertiary/aromatic N) is 4. The highest BCUT2D eigenvalue weighted by atomic mass is 15.2. The number of pyridine rings is 2. The van der Waals surface area contributed by atoms with E-state index < -0.39 is 0 Å². The Morgan fingerprint density at radius 1 is 1.26 bits per heavy atom. The van der Waals surface area contributed by atoms with E-state index in [9.17, 15) is 0 Å². The third-order valence-corrected chi connectivity index (χ3v) is 4.67. The summed E-state index contributed by atoms with van der Waals surface area (Å²) < 4.78 is 2.12. The van der Waals surface area contributed by atoms with Gasteiger partial charge >= 0.3 is 0 Å². The van der Waals surface area contributed by atoms with Gasteiger partial charge in [0.25, 0.3) is 0 Å². The molecule has 23 heavy (non-hydrogen) atoms. The average Bonchev–Trinajstić information content (AvgIpc) is 3.28. The molecule has 1 aliphatic carbocycles. The van der Waals surface area contributed by atoms with Crippen molar-refractivity contribution >= 4 is 5.65 Å². The van der Waals surface area contributed by atoms with Crippen molar-refractivity contribution in [3.05, 3.63) is 65.9 Å². The van der Waals surface area contributed by atoms with Gasteiger partial charge in [-0.1, -0.05) is 12.1 Å². The van der Waals surface area contributed by atoms with Crippen LogP contribution in [0.25, 0.3) is 5.65 Å². The van der Waals surface area contributed by atoms with Gasteiger partial charge < -0.3 is 4.40 Å². The van der Waals surface area contributed by atoms with Gasteiger partial charge in [-0.3, -0.25) is 9.88 Å². The van der Waals surface area contributed by atoms with Gasteiger partial charge in [0, 0.05) is 25.1 Å². The lowest BCUT2D eigenvalue weighted by molar-refractivity contribution is 0.206. The molecule has 0 amide bonds. The summed E-state index contributed by atoms with van der Waals surface area (Å²) >= 11 is 0. The molecule has 1 atom stereocenters. The first-order valence-corrected chi connectivity index (χ1v) is 8.27. The summed E-state index contributed by atoms with van der Waals surface area (Å²) in [5.74, 6) is 0.730. The van der Waals surface area contributed by atoms with Crippen LogP contribution < -0.4 is 0 Å². The normalized spacial score (nSPS) is 16.1. The van der Waals surface area contributed by atoms with Gasteiger partial charge in [-0.2, -0.15) is 0 Å². The Labute approximate surface area is 136 Å². The molecule has 0 spiro atoms. The molecule has 0 radical (unpaired) electrons. The Morgan fingerprint density at radius 2 is 2.13 bits per heavy atom. The van der Waals surface area contributed by atoms with Crippen molar-refractivity contribution in [2.45, 2.75) is 32.4 Å². The molecule has 4 rings (SSSR count). The summed E-state index contributed by atoms with van der Waals surface area (Å²) in [5, 5.41) is 0. The first-order valence-electron chi connectivity index (χ1n) is 8.27. The van der Waals surface area contributed by atoms with Crippen LogP contribution in [0.4, 0.5) is 0 Å². The second kappa shape index (κ2) is 5.78. The molecule has 1 saturated carbocycles. The minimum absolute atomic E-state index is 0.391.